The number of imidazole rings is 1. The van der Waals surface area contributed by atoms with Crippen LogP contribution in [-0.4, -0.2) is 32.0 Å². The second kappa shape index (κ2) is 9.30. The summed E-state index contributed by atoms with van der Waals surface area (Å²) in [5, 5.41) is 9.87. The molecule has 8 nitrogen and oxygen atoms in total. The number of nitrogens with zero attached hydrogens (tertiary/aromatic N) is 3. The Labute approximate surface area is 229 Å². The van der Waals surface area contributed by atoms with Crippen molar-refractivity contribution >= 4 is 33.9 Å². The number of amides is 1. The Hall–Kier alpha value is -5.05. The Bertz CT molecular complexity index is 1840. The first kappa shape index (κ1) is 24.0. The van der Waals surface area contributed by atoms with Gasteiger partial charge in [0, 0.05) is 46.8 Å². The Kier molecular flexibility index (Phi) is 5.59. The molecule has 1 unspecified atom stereocenters. The number of aromatic nitrogens is 4. The van der Waals surface area contributed by atoms with E-state index in [1.54, 1.807) is 30.9 Å². The Balaban J connectivity index is 1.28. The fourth-order valence-electron chi connectivity index (χ4n) is 5.22. The van der Waals surface area contributed by atoms with Crippen LogP contribution >= 0.6 is 0 Å². The van der Waals surface area contributed by atoms with Crippen LogP contribution in [0.4, 0.5) is 15.8 Å². The molecule has 198 valence electrons. The van der Waals surface area contributed by atoms with Crippen molar-refractivity contribution in [1.82, 2.24) is 25.3 Å². The molecule has 0 bridgehead atoms. The first-order valence-corrected chi connectivity index (χ1v) is 13.2. The molecular weight excluding hydrogens is 505 g/mol. The highest BCUT2D eigenvalue weighted by atomic mass is 19.1. The fraction of sp³-hybridized carbons (Fsp3) is 0.161. The molecule has 40 heavy (non-hydrogen) atoms. The lowest BCUT2D eigenvalue weighted by Gasteiger charge is -2.17. The van der Waals surface area contributed by atoms with Gasteiger partial charge in [0.1, 0.15) is 17.8 Å². The molecule has 4 N–H and O–H groups in total. The van der Waals surface area contributed by atoms with E-state index in [0.29, 0.717) is 17.9 Å². The van der Waals surface area contributed by atoms with Crippen molar-refractivity contribution in [3.05, 3.63) is 96.2 Å². The van der Waals surface area contributed by atoms with Crippen LogP contribution < -0.4 is 16.0 Å². The van der Waals surface area contributed by atoms with Crippen LogP contribution in [0.25, 0.3) is 38.9 Å². The van der Waals surface area contributed by atoms with Crippen LogP contribution in [0, 0.1) is 11.7 Å². The molecule has 2 aliphatic rings. The van der Waals surface area contributed by atoms with Crippen LogP contribution in [0.2, 0.25) is 0 Å². The molecule has 7 rings (SSSR count). The van der Waals surface area contributed by atoms with Gasteiger partial charge in [-0.25, -0.2) is 9.37 Å². The SMILES string of the molecule is CC(C)CC(=O)Nc1cncc(-c2ccc3c(c2)C(c2nc4c(-c5cccc(F)c5)cncc4[nH]2)=C2NC2N3)c1. The molecule has 0 radical (unpaired) electrons. The van der Waals surface area contributed by atoms with Gasteiger partial charge in [0.15, 0.2) is 0 Å². The molecule has 2 aliphatic heterocycles. The molecule has 1 amide bonds. The third-order valence-corrected chi connectivity index (χ3v) is 7.08. The summed E-state index contributed by atoms with van der Waals surface area (Å²) in [7, 11) is 0. The fourth-order valence-corrected chi connectivity index (χ4v) is 5.22. The number of pyridine rings is 2. The molecule has 1 atom stereocenters. The number of halogens is 1. The van der Waals surface area contributed by atoms with Gasteiger partial charge < -0.3 is 20.9 Å². The molecule has 5 aromatic rings. The van der Waals surface area contributed by atoms with E-state index in [4.69, 9.17) is 4.98 Å². The van der Waals surface area contributed by atoms with E-state index in [9.17, 15) is 9.18 Å². The third-order valence-electron chi connectivity index (χ3n) is 7.08. The Morgan fingerprint density at radius 3 is 2.67 bits per heavy atom. The van der Waals surface area contributed by atoms with Gasteiger partial charge in [-0.1, -0.05) is 32.0 Å². The maximum atomic E-state index is 14.0. The van der Waals surface area contributed by atoms with E-state index < -0.39 is 0 Å². The van der Waals surface area contributed by atoms with Crippen LogP contribution in [-0.2, 0) is 4.79 Å². The average Bonchev–Trinajstić information content (AvgIpc) is 3.57. The van der Waals surface area contributed by atoms with E-state index in [2.05, 4.69) is 37.0 Å². The predicted molar refractivity (Wildman–Crippen MR) is 154 cm³/mol. The zero-order chi connectivity index (χ0) is 27.4. The number of carbonyl (C=O) groups excluding carboxylic acids is 1. The van der Waals surface area contributed by atoms with Gasteiger partial charge in [-0.15, -0.1) is 0 Å². The quantitative estimate of drug-likeness (QED) is 0.202. The summed E-state index contributed by atoms with van der Waals surface area (Å²) >= 11 is 0. The van der Waals surface area contributed by atoms with Crippen molar-refractivity contribution in [3.63, 3.8) is 0 Å². The van der Waals surface area contributed by atoms with E-state index >= 15 is 0 Å². The minimum Gasteiger partial charge on any atom is -0.360 e. The molecule has 9 heteroatoms. The summed E-state index contributed by atoms with van der Waals surface area (Å²) < 4.78 is 14.0. The second-order valence-corrected chi connectivity index (χ2v) is 10.6. The number of benzene rings is 2. The Morgan fingerprint density at radius 2 is 1.82 bits per heavy atom. The number of carbonyl (C=O) groups is 1. The maximum absolute atomic E-state index is 14.0. The number of fused-ring (bicyclic) bond motifs is 3. The normalized spacial score (nSPS) is 15.3. The van der Waals surface area contributed by atoms with Gasteiger partial charge in [-0.2, -0.15) is 0 Å². The zero-order valence-electron chi connectivity index (χ0n) is 21.9. The van der Waals surface area contributed by atoms with E-state index in [-0.39, 0.29) is 23.8 Å². The number of hydrogen-bond donors (Lipinski definition) is 4. The van der Waals surface area contributed by atoms with Crippen molar-refractivity contribution in [2.75, 3.05) is 10.6 Å². The lowest BCUT2D eigenvalue weighted by atomic mass is 9.95. The van der Waals surface area contributed by atoms with Crippen molar-refractivity contribution in [2.24, 2.45) is 5.92 Å². The summed E-state index contributed by atoms with van der Waals surface area (Å²) in [6.07, 6.45) is 7.40. The van der Waals surface area contributed by atoms with Crippen molar-refractivity contribution < 1.29 is 9.18 Å². The number of nitrogens with one attached hydrogen (secondary N) is 4. The first-order valence-electron chi connectivity index (χ1n) is 13.2. The predicted octanol–water partition coefficient (Wildman–Crippen LogP) is 5.92. The summed E-state index contributed by atoms with van der Waals surface area (Å²) in [4.78, 5) is 29.5. The van der Waals surface area contributed by atoms with E-state index in [0.717, 1.165) is 55.8 Å². The van der Waals surface area contributed by atoms with Crippen LogP contribution in [0.1, 0.15) is 31.7 Å². The van der Waals surface area contributed by atoms with Gasteiger partial charge >= 0.3 is 0 Å². The number of anilines is 2. The third kappa shape index (κ3) is 4.35. The molecule has 0 saturated carbocycles. The number of hydrogen-bond acceptors (Lipinski definition) is 6. The molecule has 0 spiro atoms. The summed E-state index contributed by atoms with van der Waals surface area (Å²) in [6.45, 7) is 4.03. The lowest BCUT2D eigenvalue weighted by molar-refractivity contribution is -0.116. The molecule has 5 heterocycles. The standard InChI is InChI=1S/C31H26FN7O/c1-16(2)8-26(40)35-21-10-19(12-33-13-21)17-6-7-24-22(11-17)27(29-31(36-24)39-29)30-37-25-15-34-14-23(28(25)38-30)18-4-3-5-20(32)9-18/h3-7,9-16,31,36,39H,8H2,1-2H3,(H,35,40)(H,37,38). The van der Waals surface area contributed by atoms with Crippen molar-refractivity contribution in [2.45, 2.75) is 26.4 Å². The topological polar surface area (TPSA) is 118 Å². The number of aromatic amines is 1. The van der Waals surface area contributed by atoms with Crippen LogP contribution in [0.5, 0.6) is 0 Å². The highest BCUT2D eigenvalue weighted by molar-refractivity contribution is 5.98. The van der Waals surface area contributed by atoms with E-state index in [1.807, 2.05) is 38.1 Å². The highest BCUT2D eigenvalue weighted by Crippen LogP contribution is 2.43. The molecule has 2 aromatic carbocycles. The smallest absolute Gasteiger partial charge is 0.224 e. The first-order chi connectivity index (χ1) is 19.4. The van der Waals surface area contributed by atoms with Gasteiger partial charge in [-0.05, 0) is 47.4 Å². The minimum absolute atomic E-state index is 0.0292. The van der Waals surface area contributed by atoms with Crippen molar-refractivity contribution in [3.8, 4) is 22.3 Å². The second-order valence-electron chi connectivity index (χ2n) is 10.6. The summed E-state index contributed by atoms with van der Waals surface area (Å²) in [5.74, 6) is 0.643. The van der Waals surface area contributed by atoms with Crippen LogP contribution in [0.15, 0.2) is 79.0 Å². The number of H-pyrrole nitrogens is 1. The zero-order valence-corrected chi connectivity index (χ0v) is 21.9. The van der Waals surface area contributed by atoms with E-state index in [1.165, 1.54) is 12.1 Å². The lowest BCUT2D eigenvalue weighted by Crippen LogP contribution is -2.14. The Morgan fingerprint density at radius 1 is 0.950 bits per heavy atom. The summed E-state index contributed by atoms with van der Waals surface area (Å²) in [5.41, 5.74) is 9.49. The average molecular weight is 532 g/mol. The largest absolute Gasteiger partial charge is 0.360 e. The van der Waals surface area contributed by atoms with Gasteiger partial charge in [0.25, 0.3) is 0 Å². The van der Waals surface area contributed by atoms with Crippen LogP contribution in [0.3, 0.4) is 0 Å². The molecular formula is C31H26FN7O. The minimum atomic E-state index is -0.307. The monoisotopic (exact) mass is 531 g/mol. The van der Waals surface area contributed by atoms with Crippen molar-refractivity contribution in [1.29, 1.82) is 0 Å². The highest BCUT2D eigenvalue weighted by Gasteiger charge is 2.39. The van der Waals surface area contributed by atoms with Gasteiger partial charge in [0.05, 0.1) is 34.8 Å². The molecule has 1 saturated heterocycles. The van der Waals surface area contributed by atoms with Gasteiger partial charge in [-0.3, -0.25) is 14.8 Å². The number of rotatable bonds is 6. The van der Waals surface area contributed by atoms with Gasteiger partial charge in [0.2, 0.25) is 5.91 Å². The maximum Gasteiger partial charge on any atom is 0.224 e. The molecule has 1 fully saturated rings. The summed E-state index contributed by atoms with van der Waals surface area (Å²) in [6, 6.07) is 14.6. The molecule has 0 aliphatic carbocycles. The molecule has 3 aromatic heterocycles.